The van der Waals surface area contributed by atoms with E-state index >= 15 is 0 Å². The fourth-order valence-corrected chi connectivity index (χ4v) is 3.91. The summed E-state index contributed by atoms with van der Waals surface area (Å²) in [7, 11) is 0. The Kier molecular flexibility index (Phi) is 5.35. The van der Waals surface area contributed by atoms with Crippen molar-refractivity contribution in [3.63, 3.8) is 0 Å². The molecule has 0 aliphatic carbocycles. The minimum absolute atomic E-state index is 0.0438. The number of hydrogen-bond donors (Lipinski definition) is 2. The first-order chi connectivity index (χ1) is 13.2. The molecule has 0 radical (unpaired) electrons. The minimum Gasteiger partial charge on any atom is -0.485 e. The molecule has 7 nitrogen and oxygen atoms in total. The van der Waals surface area contributed by atoms with Crippen molar-refractivity contribution in [1.29, 1.82) is 5.26 Å². The summed E-state index contributed by atoms with van der Waals surface area (Å²) in [6.07, 6.45) is 0.361. The van der Waals surface area contributed by atoms with E-state index in [0.29, 0.717) is 29.8 Å². The monoisotopic (exact) mass is 385 g/mol. The first-order valence-electron chi connectivity index (χ1n) is 9.67. The molecular weight excluding hydrogens is 358 g/mol. The average Bonchev–Trinajstić information content (AvgIpc) is 3.13. The summed E-state index contributed by atoms with van der Waals surface area (Å²) >= 11 is 0. The molecule has 0 bridgehead atoms. The summed E-state index contributed by atoms with van der Waals surface area (Å²) in [5.74, 6) is 0.0142. The SMILES string of the molecule is CC(C)C(=O)N1CCC[C@H]1C(=O)NC1c2cc(C#N)ccc2OC(C)(C)C1O. The maximum absolute atomic E-state index is 13.0. The molecule has 2 N–H and O–H groups in total. The van der Waals surface area contributed by atoms with Crippen molar-refractivity contribution in [1.82, 2.24) is 10.2 Å². The molecule has 2 unspecified atom stereocenters. The lowest BCUT2D eigenvalue weighted by atomic mass is 9.85. The van der Waals surface area contributed by atoms with Gasteiger partial charge in [-0.1, -0.05) is 13.8 Å². The third kappa shape index (κ3) is 3.57. The van der Waals surface area contributed by atoms with Crippen LogP contribution in [0.3, 0.4) is 0 Å². The second kappa shape index (κ2) is 7.44. The topological polar surface area (TPSA) is 103 Å². The van der Waals surface area contributed by atoms with Gasteiger partial charge in [0.1, 0.15) is 23.5 Å². The van der Waals surface area contributed by atoms with E-state index in [-0.39, 0.29) is 17.7 Å². The fourth-order valence-electron chi connectivity index (χ4n) is 3.91. The normalized spacial score (nSPS) is 25.6. The Hall–Kier alpha value is -2.59. The highest BCUT2D eigenvalue weighted by Crippen LogP contribution is 2.40. The minimum atomic E-state index is -1.01. The molecule has 3 atom stereocenters. The number of likely N-dealkylation sites (tertiary alicyclic amines) is 1. The van der Waals surface area contributed by atoms with Crippen LogP contribution in [0.1, 0.15) is 57.7 Å². The number of benzene rings is 1. The standard InChI is InChI=1S/C21H27N3O4/c1-12(2)20(27)24-9-5-6-15(24)19(26)23-17-14-10-13(11-22)7-8-16(14)28-21(3,4)18(17)25/h7-8,10,12,15,17-18,25H,5-6,9H2,1-4H3,(H,23,26)/t15-,17?,18?/m0/s1. The maximum Gasteiger partial charge on any atom is 0.243 e. The zero-order chi connectivity index (χ0) is 20.6. The molecule has 1 aromatic carbocycles. The summed E-state index contributed by atoms with van der Waals surface area (Å²) in [5, 5.41) is 23.0. The van der Waals surface area contributed by atoms with Gasteiger partial charge < -0.3 is 20.1 Å². The summed E-state index contributed by atoms with van der Waals surface area (Å²) in [6, 6.07) is 5.76. The van der Waals surface area contributed by atoms with Gasteiger partial charge in [0.15, 0.2) is 0 Å². The summed E-state index contributed by atoms with van der Waals surface area (Å²) < 4.78 is 5.88. The average molecular weight is 385 g/mol. The molecule has 7 heteroatoms. The summed E-state index contributed by atoms with van der Waals surface area (Å²) in [4.78, 5) is 27.1. The van der Waals surface area contributed by atoms with E-state index in [2.05, 4.69) is 11.4 Å². The van der Waals surface area contributed by atoms with Crippen molar-refractivity contribution in [3.8, 4) is 11.8 Å². The van der Waals surface area contributed by atoms with Crippen LogP contribution in [0.5, 0.6) is 5.75 Å². The van der Waals surface area contributed by atoms with Crippen molar-refractivity contribution in [2.45, 2.75) is 64.3 Å². The Morgan fingerprint density at radius 1 is 1.39 bits per heavy atom. The van der Waals surface area contributed by atoms with E-state index < -0.39 is 23.8 Å². The number of rotatable bonds is 3. The van der Waals surface area contributed by atoms with Crippen LogP contribution in [0, 0.1) is 17.2 Å². The maximum atomic E-state index is 13.0. The van der Waals surface area contributed by atoms with Gasteiger partial charge >= 0.3 is 0 Å². The molecule has 1 aromatic rings. The van der Waals surface area contributed by atoms with E-state index in [1.54, 1.807) is 36.9 Å². The van der Waals surface area contributed by atoms with E-state index in [4.69, 9.17) is 4.74 Å². The Bertz CT molecular complexity index is 827. The number of carbonyl (C=O) groups is 2. The summed E-state index contributed by atoms with van der Waals surface area (Å²) in [5.41, 5.74) is 0.0762. The van der Waals surface area contributed by atoms with Crippen LogP contribution in [0.15, 0.2) is 18.2 Å². The van der Waals surface area contributed by atoms with Gasteiger partial charge in [-0.3, -0.25) is 9.59 Å². The first-order valence-corrected chi connectivity index (χ1v) is 9.67. The molecule has 2 aliphatic heterocycles. The number of amides is 2. The molecule has 150 valence electrons. The number of aliphatic hydroxyl groups is 1. The van der Waals surface area contributed by atoms with Gasteiger partial charge in [-0.05, 0) is 44.9 Å². The molecule has 0 saturated carbocycles. The number of fused-ring (bicyclic) bond motifs is 1. The van der Waals surface area contributed by atoms with E-state index in [0.717, 1.165) is 6.42 Å². The lowest BCUT2D eigenvalue weighted by Gasteiger charge is -2.42. The van der Waals surface area contributed by atoms with Crippen LogP contribution >= 0.6 is 0 Å². The van der Waals surface area contributed by atoms with Gasteiger partial charge in [0.25, 0.3) is 0 Å². The van der Waals surface area contributed by atoms with Crippen molar-refractivity contribution in [2.24, 2.45) is 5.92 Å². The zero-order valence-corrected chi connectivity index (χ0v) is 16.7. The Balaban J connectivity index is 1.89. The second-order valence-electron chi connectivity index (χ2n) is 8.35. The van der Waals surface area contributed by atoms with E-state index in [1.807, 2.05) is 13.8 Å². The molecular formula is C21H27N3O4. The Morgan fingerprint density at radius 2 is 2.11 bits per heavy atom. The van der Waals surface area contributed by atoms with Crippen molar-refractivity contribution >= 4 is 11.8 Å². The van der Waals surface area contributed by atoms with Crippen LogP contribution in [0.25, 0.3) is 0 Å². The van der Waals surface area contributed by atoms with Crippen LogP contribution < -0.4 is 10.1 Å². The van der Waals surface area contributed by atoms with E-state index in [9.17, 15) is 20.0 Å². The number of ether oxygens (including phenoxy) is 1. The molecule has 1 fully saturated rings. The van der Waals surface area contributed by atoms with Crippen LogP contribution in [-0.4, -0.2) is 46.1 Å². The molecule has 0 spiro atoms. The molecule has 2 aliphatic rings. The number of nitriles is 1. The van der Waals surface area contributed by atoms with Crippen molar-refractivity contribution < 1.29 is 19.4 Å². The molecule has 3 rings (SSSR count). The highest BCUT2D eigenvalue weighted by molar-refractivity contribution is 5.89. The molecule has 0 aromatic heterocycles. The van der Waals surface area contributed by atoms with Crippen molar-refractivity contribution in [3.05, 3.63) is 29.3 Å². The Morgan fingerprint density at radius 3 is 2.75 bits per heavy atom. The second-order valence-corrected chi connectivity index (χ2v) is 8.35. The highest BCUT2D eigenvalue weighted by atomic mass is 16.5. The Labute approximate surface area is 165 Å². The predicted octanol–water partition coefficient (Wildman–Crippen LogP) is 1.89. The quantitative estimate of drug-likeness (QED) is 0.827. The fraction of sp³-hybridized carbons (Fsp3) is 0.571. The smallest absolute Gasteiger partial charge is 0.243 e. The van der Waals surface area contributed by atoms with Gasteiger partial charge in [-0.25, -0.2) is 0 Å². The molecule has 1 saturated heterocycles. The van der Waals surface area contributed by atoms with Gasteiger partial charge in [0.05, 0.1) is 17.7 Å². The molecule has 2 amide bonds. The molecule has 28 heavy (non-hydrogen) atoms. The lowest BCUT2D eigenvalue weighted by molar-refractivity contribution is -0.142. The lowest BCUT2D eigenvalue weighted by Crippen LogP contribution is -2.56. The third-order valence-corrected chi connectivity index (χ3v) is 5.51. The number of aliphatic hydroxyl groups excluding tert-OH is 1. The van der Waals surface area contributed by atoms with Crippen LogP contribution in [-0.2, 0) is 9.59 Å². The highest BCUT2D eigenvalue weighted by Gasteiger charge is 2.45. The number of hydrogen-bond acceptors (Lipinski definition) is 5. The zero-order valence-electron chi connectivity index (χ0n) is 16.7. The first kappa shape index (κ1) is 20.2. The molecule has 2 heterocycles. The number of carbonyl (C=O) groups excluding carboxylic acids is 2. The van der Waals surface area contributed by atoms with Gasteiger partial charge in [-0.2, -0.15) is 5.26 Å². The van der Waals surface area contributed by atoms with E-state index in [1.165, 1.54) is 0 Å². The summed E-state index contributed by atoms with van der Waals surface area (Å²) in [6.45, 7) is 7.70. The number of nitrogens with zero attached hydrogens (tertiary/aromatic N) is 2. The van der Waals surface area contributed by atoms with Crippen molar-refractivity contribution in [2.75, 3.05) is 6.54 Å². The largest absolute Gasteiger partial charge is 0.485 e. The van der Waals surface area contributed by atoms with Gasteiger partial charge in [-0.15, -0.1) is 0 Å². The van der Waals surface area contributed by atoms with Gasteiger partial charge in [0.2, 0.25) is 11.8 Å². The van der Waals surface area contributed by atoms with Crippen LogP contribution in [0.2, 0.25) is 0 Å². The van der Waals surface area contributed by atoms with Crippen LogP contribution in [0.4, 0.5) is 0 Å². The number of nitrogens with one attached hydrogen (secondary N) is 1. The van der Waals surface area contributed by atoms with Gasteiger partial charge in [0, 0.05) is 18.0 Å². The third-order valence-electron chi connectivity index (χ3n) is 5.51. The predicted molar refractivity (Wildman–Crippen MR) is 102 cm³/mol.